The number of fused-ring (bicyclic) bond motifs is 14. The Morgan fingerprint density at radius 3 is 1.92 bits per heavy atom. The molecular formula is C77H78Cl2N8O24. The minimum Gasteiger partial charge on any atom is -0.508 e. The van der Waals surface area contributed by atoms with Gasteiger partial charge in [-0.3, -0.25) is 33.6 Å². The maximum absolute atomic E-state index is 16.4. The first-order chi connectivity index (χ1) is 53.0. The van der Waals surface area contributed by atoms with E-state index < -0.39 is 216 Å². The molecule has 111 heavy (non-hydrogen) atoms. The first kappa shape index (κ1) is 78.9. The third-order valence-electron chi connectivity index (χ3n) is 19.5. The number of unbranched alkanes of at least 4 members (excludes halogenated alkanes) is 4. The van der Waals surface area contributed by atoms with Crippen molar-refractivity contribution in [3.05, 3.63) is 164 Å². The van der Waals surface area contributed by atoms with E-state index in [2.05, 4.69) is 56.4 Å². The van der Waals surface area contributed by atoms with E-state index in [0.717, 1.165) is 106 Å². The molecule has 0 spiro atoms. The molecule has 7 heterocycles. The Balaban J connectivity index is 1.10. The lowest BCUT2D eigenvalue weighted by atomic mass is 9.89. The minimum atomic E-state index is -2.37. The summed E-state index contributed by atoms with van der Waals surface area (Å²) >= 11 is 14.1. The number of methoxy groups -OCH3 is 1. The fourth-order valence-corrected chi connectivity index (χ4v) is 14.2. The second kappa shape index (κ2) is 33.3. The number of halogens is 2. The molecule has 584 valence electrons. The van der Waals surface area contributed by atoms with Crippen molar-refractivity contribution in [3.63, 3.8) is 0 Å². The van der Waals surface area contributed by atoms with Crippen molar-refractivity contribution in [2.75, 3.05) is 14.2 Å². The second-order valence-electron chi connectivity index (χ2n) is 27.6. The summed E-state index contributed by atoms with van der Waals surface area (Å²) in [5.74, 6) is -17.2. The zero-order valence-electron chi connectivity index (χ0n) is 59.6. The van der Waals surface area contributed by atoms with Gasteiger partial charge in [0.15, 0.2) is 35.1 Å². The Kier molecular flexibility index (Phi) is 23.7. The molecule has 0 radical (unpaired) electrons. The molecule has 0 aromatic heterocycles. The van der Waals surface area contributed by atoms with Crippen molar-refractivity contribution in [3.8, 4) is 80.1 Å². The Hall–Kier alpha value is -11.7. The number of carbonyl (C=O) groups excluding carboxylic acids is 8. The molecule has 7 aliphatic rings. The van der Waals surface area contributed by atoms with Crippen LogP contribution in [-0.4, -0.2) is 156 Å². The molecule has 32 nitrogen and oxygen atoms in total. The van der Waals surface area contributed by atoms with E-state index in [9.17, 15) is 69.9 Å². The number of aromatic hydroxyl groups is 5. The first-order valence-electron chi connectivity index (χ1n) is 35.3. The number of amides is 7. The van der Waals surface area contributed by atoms with Crippen LogP contribution < -0.4 is 61.5 Å². The molecule has 0 aliphatic carbocycles. The van der Waals surface area contributed by atoms with E-state index in [0.29, 0.717) is 24.3 Å². The number of aliphatic hydroxyl groups excluding tert-OH is 3. The highest BCUT2D eigenvalue weighted by atomic mass is 35.5. The summed E-state index contributed by atoms with van der Waals surface area (Å²) in [6.07, 6.45) is -6.29. The molecule has 7 aromatic carbocycles. The van der Waals surface area contributed by atoms with Crippen molar-refractivity contribution in [1.29, 1.82) is 0 Å². The number of phenols is 5. The number of aliphatic hydroxyl groups is 3. The number of likely N-dealkylation sites (N-methyl/N-ethyl adjacent to an activating group) is 1. The molecule has 7 aromatic rings. The van der Waals surface area contributed by atoms with Crippen molar-refractivity contribution in [1.82, 2.24) is 42.5 Å². The van der Waals surface area contributed by atoms with Crippen molar-refractivity contribution < 1.29 is 118 Å². The van der Waals surface area contributed by atoms with Gasteiger partial charge in [-0.1, -0.05) is 99.5 Å². The predicted molar refractivity (Wildman–Crippen MR) is 391 cm³/mol. The van der Waals surface area contributed by atoms with Gasteiger partial charge in [0.25, 0.3) is 0 Å². The Morgan fingerprint density at radius 1 is 0.577 bits per heavy atom. The number of ether oxygens (including phenoxy) is 6. The summed E-state index contributed by atoms with van der Waals surface area (Å²) in [6.45, 7) is 4.24. The lowest BCUT2D eigenvalue weighted by Crippen LogP contribution is -2.66. The number of rotatable bonds is 14. The SMILES string of the molecule is CN[C@H]1C(=O)N[C@@H]2Cc3ccc(cc3)Oc3cc4cc(c3O[C@@H]3O[C@H](C(=O)OC)[C@@H](O)[C@H](O)[C@H]3NC(=O)CCCCCCCC(C)C)Oc3ccc(cc3Cl)[C@@H](O)[C@@H]3NC(=O)[C@H](NC(=O)[C@@H]4NC(=O)[C@@H](NC2=O)c2cc(cc(O)c2Cl)Oc2cc1ccc2O)c1ccc(O)c(c1)-c1c(O)cc(O)cc1[C@H](C(=O)O)NC3=O. The van der Waals surface area contributed by atoms with Gasteiger partial charge in [-0.25, -0.2) is 9.59 Å². The van der Waals surface area contributed by atoms with E-state index in [-0.39, 0.29) is 52.5 Å². The monoisotopic (exact) mass is 1570 g/mol. The Bertz CT molecular complexity index is 4840. The summed E-state index contributed by atoms with van der Waals surface area (Å²) in [5.41, 5.74) is -2.58. The van der Waals surface area contributed by atoms with Gasteiger partial charge in [-0.15, -0.1) is 0 Å². The number of nitrogens with one attached hydrogen (secondary N) is 8. The summed E-state index contributed by atoms with van der Waals surface area (Å²) in [4.78, 5) is 134. The van der Waals surface area contributed by atoms with E-state index in [1.54, 1.807) is 0 Å². The van der Waals surface area contributed by atoms with Gasteiger partial charge >= 0.3 is 11.9 Å². The van der Waals surface area contributed by atoms with E-state index >= 15 is 19.2 Å². The molecule has 0 saturated carbocycles. The van der Waals surface area contributed by atoms with Gasteiger partial charge in [-0.05, 0) is 120 Å². The largest absolute Gasteiger partial charge is 0.508 e. The van der Waals surface area contributed by atoms with Gasteiger partial charge in [0.1, 0.15) is 101 Å². The molecule has 1 saturated heterocycles. The standard InChI is InChI=1S/C77H78Cl2N8O24/c1-32(2)10-8-6-5-7-9-11-54(93)82-63-65(95)66(96)68(76(105)106-4)111-77(63)110-67-52-26-37-27-53(67)109-50-21-16-36(24-44(50)78)64(94)62-74(102)86-61(75(103)104)42-28-38(88)29-48(91)55(42)41-23-34(14-19-46(41)89)58(71(99)87-62)83-72(100)59(37)84-73(101)60-43-30-40(31-49(92)56(43)79)108-51-25-35(15-20-47(51)90)57(80-3)70(98)81-45(69(97)85-60)22-33-12-17-39(107-52)18-13-33/h12-21,23-32,45,57-66,68,77,80,88-92,94-96H,5-11,22H2,1-4H3,(H,81,98)(H,82,93)(H,83,100)(H,84,101)(H,85,97)(H,86,102)(H,87,99)(H,103,104)/t45-,57-,58-,59-,60+,61-,62+,63-,64-,65-,66+,68+,77-/m1/s1. The van der Waals surface area contributed by atoms with Crippen LogP contribution in [0.2, 0.25) is 10.0 Å². The number of benzene rings is 7. The number of phenolic OH excluding ortho intramolecular Hbond substituents is 5. The normalized spacial score (nSPS) is 23.7. The van der Waals surface area contributed by atoms with Crippen LogP contribution in [0.1, 0.15) is 134 Å². The van der Waals surface area contributed by atoms with Gasteiger partial charge in [0.2, 0.25) is 53.4 Å². The fraction of sp³-hybridized carbons (Fsp3) is 0.338. The second-order valence-corrected chi connectivity index (χ2v) is 28.4. The van der Waals surface area contributed by atoms with Crippen LogP contribution >= 0.6 is 23.2 Å². The molecule has 17 N–H and O–H groups in total. The third-order valence-corrected chi connectivity index (χ3v) is 20.2. The summed E-state index contributed by atoms with van der Waals surface area (Å²) in [7, 11) is 2.41. The third kappa shape index (κ3) is 17.1. The lowest BCUT2D eigenvalue weighted by Gasteiger charge is -2.41. The number of carbonyl (C=O) groups is 9. The van der Waals surface area contributed by atoms with Crippen LogP contribution in [-0.2, 0) is 59.0 Å². The van der Waals surface area contributed by atoms with E-state index in [1.165, 1.54) is 49.5 Å². The average molecular weight is 1570 g/mol. The minimum absolute atomic E-state index is 0.0949. The average Bonchev–Trinajstić information content (AvgIpc) is 0.769. The summed E-state index contributed by atoms with van der Waals surface area (Å²) < 4.78 is 37.5. The smallest absolute Gasteiger partial charge is 0.337 e. The molecule has 7 aliphatic heterocycles. The summed E-state index contributed by atoms with van der Waals surface area (Å²) in [5, 5.41) is 124. The zero-order valence-corrected chi connectivity index (χ0v) is 61.1. The molecule has 17 bridgehead atoms. The van der Waals surface area contributed by atoms with Gasteiger partial charge in [-0.2, -0.15) is 0 Å². The Labute approximate surface area is 642 Å². The first-order valence-corrected chi connectivity index (χ1v) is 36.0. The fourth-order valence-electron chi connectivity index (χ4n) is 13.8. The van der Waals surface area contributed by atoms with E-state index in [4.69, 9.17) is 51.6 Å². The number of hydrogen-bond donors (Lipinski definition) is 17. The number of hydrogen-bond acceptors (Lipinski definition) is 24. The highest BCUT2D eigenvalue weighted by Gasteiger charge is 2.51. The van der Waals surface area contributed by atoms with Crippen LogP contribution in [0.3, 0.4) is 0 Å². The topological polar surface area (TPSA) is 487 Å². The molecule has 7 amide bonds. The highest BCUT2D eigenvalue weighted by Crippen LogP contribution is 2.50. The molecule has 34 heteroatoms. The number of carboxylic acid groups (broad SMARTS) is 1. The van der Waals surface area contributed by atoms with E-state index in [1.807, 2.05) is 0 Å². The Morgan fingerprint density at radius 2 is 1.22 bits per heavy atom. The molecule has 14 rings (SSSR count). The molecule has 0 unspecified atom stereocenters. The number of aliphatic carboxylic acids is 1. The highest BCUT2D eigenvalue weighted by molar-refractivity contribution is 6.33. The van der Waals surface area contributed by atoms with Gasteiger partial charge in [0.05, 0.1) is 17.2 Å². The number of esters is 1. The van der Waals surface area contributed by atoms with Crippen LogP contribution in [0.25, 0.3) is 11.1 Å². The molecular weight excluding hydrogens is 1490 g/mol. The summed E-state index contributed by atoms with van der Waals surface area (Å²) in [6, 6.07) is 6.00. The van der Waals surface area contributed by atoms with Crippen molar-refractivity contribution >= 4 is 76.5 Å². The molecule has 1 fully saturated rings. The maximum Gasteiger partial charge on any atom is 0.337 e. The van der Waals surface area contributed by atoms with Crippen LogP contribution in [0.5, 0.6) is 69.0 Å². The van der Waals surface area contributed by atoms with Gasteiger partial charge in [0, 0.05) is 47.2 Å². The maximum atomic E-state index is 16.4. The molecule has 13 atom stereocenters. The van der Waals surface area contributed by atoms with Crippen LogP contribution in [0.15, 0.2) is 115 Å². The zero-order chi connectivity index (χ0) is 79.5. The van der Waals surface area contributed by atoms with Crippen LogP contribution in [0, 0.1) is 5.92 Å². The number of carboxylic acids is 1. The van der Waals surface area contributed by atoms with Crippen molar-refractivity contribution in [2.24, 2.45) is 5.92 Å². The van der Waals surface area contributed by atoms with Crippen molar-refractivity contribution in [2.45, 2.75) is 144 Å². The lowest BCUT2D eigenvalue weighted by molar-refractivity contribution is -0.242. The van der Waals surface area contributed by atoms with Gasteiger partial charge < -0.3 is 117 Å². The predicted octanol–water partition coefficient (Wildman–Crippen LogP) is 6.41. The quantitative estimate of drug-likeness (QED) is 0.0413. The van der Waals surface area contributed by atoms with Crippen LogP contribution in [0.4, 0.5) is 0 Å².